The van der Waals surface area contributed by atoms with Gasteiger partial charge in [-0.3, -0.25) is 14.7 Å². The molecule has 2 saturated heterocycles. The Morgan fingerprint density at radius 3 is 2.38 bits per heavy atom. The third kappa shape index (κ3) is 7.10. The molecule has 0 radical (unpaired) electrons. The molecule has 0 bridgehead atoms. The van der Waals surface area contributed by atoms with Crippen molar-refractivity contribution in [1.29, 1.82) is 0 Å². The van der Waals surface area contributed by atoms with Crippen LogP contribution in [0.5, 0.6) is 0 Å². The lowest BCUT2D eigenvalue weighted by Crippen LogP contribution is -2.52. The minimum absolute atomic E-state index is 0.0274. The van der Waals surface area contributed by atoms with Gasteiger partial charge in [-0.15, -0.1) is 0 Å². The highest BCUT2D eigenvalue weighted by atomic mass is 16.5. The molecule has 1 amide bonds. The van der Waals surface area contributed by atoms with Crippen LogP contribution in [0.4, 0.5) is 5.69 Å². The maximum atomic E-state index is 12.7. The van der Waals surface area contributed by atoms with Gasteiger partial charge in [0.25, 0.3) is 0 Å². The second kappa shape index (κ2) is 12.1. The lowest BCUT2D eigenvalue weighted by atomic mass is 10.0. The number of carbonyl (C=O) groups excluding carboxylic acids is 1. The minimum atomic E-state index is -0.0274. The number of amides is 1. The summed E-state index contributed by atoms with van der Waals surface area (Å²) in [7, 11) is 0. The van der Waals surface area contributed by atoms with Gasteiger partial charge in [0.05, 0.1) is 19.8 Å². The molecule has 8 nitrogen and oxygen atoms in total. The van der Waals surface area contributed by atoms with Gasteiger partial charge < -0.3 is 25.2 Å². The first-order valence-corrected chi connectivity index (χ1v) is 11.9. The molecule has 2 N–H and O–H groups in total. The Bertz CT molecular complexity index is 725. The van der Waals surface area contributed by atoms with Gasteiger partial charge in [-0.1, -0.05) is 18.2 Å². The van der Waals surface area contributed by atoms with Crippen LogP contribution in [-0.4, -0.2) is 99.3 Å². The Hall–Kier alpha value is -2.32. The van der Waals surface area contributed by atoms with Crippen LogP contribution in [0.2, 0.25) is 0 Å². The van der Waals surface area contributed by atoms with Crippen molar-refractivity contribution < 1.29 is 9.53 Å². The summed E-state index contributed by atoms with van der Waals surface area (Å²) in [5.41, 5.74) is 1.20. The molecule has 8 heteroatoms. The number of ether oxygens (including phenoxy) is 1. The third-order valence-corrected chi connectivity index (χ3v) is 6.22. The number of carbonyl (C=O) groups is 1. The quantitative estimate of drug-likeness (QED) is 0.466. The second-order valence-electron chi connectivity index (χ2n) is 8.99. The molecule has 0 saturated carbocycles. The number of hydrogen-bond acceptors (Lipinski definition) is 5. The van der Waals surface area contributed by atoms with Crippen molar-refractivity contribution in [3.8, 4) is 0 Å². The van der Waals surface area contributed by atoms with Crippen LogP contribution >= 0.6 is 0 Å². The van der Waals surface area contributed by atoms with Crippen LogP contribution in [0.15, 0.2) is 35.3 Å². The summed E-state index contributed by atoms with van der Waals surface area (Å²) in [6, 6.07) is 10.4. The number of anilines is 1. The largest absolute Gasteiger partial charge is 0.379 e. The molecule has 2 fully saturated rings. The molecule has 3 rings (SSSR count). The summed E-state index contributed by atoms with van der Waals surface area (Å²) < 4.78 is 5.47. The van der Waals surface area contributed by atoms with E-state index in [2.05, 4.69) is 65.5 Å². The van der Waals surface area contributed by atoms with E-state index in [1.807, 2.05) is 11.0 Å². The van der Waals surface area contributed by atoms with Gasteiger partial charge >= 0.3 is 0 Å². The predicted molar refractivity (Wildman–Crippen MR) is 130 cm³/mol. The van der Waals surface area contributed by atoms with Gasteiger partial charge in [0.2, 0.25) is 5.91 Å². The molecule has 0 aromatic heterocycles. The second-order valence-corrected chi connectivity index (χ2v) is 8.99. The van der Waals surface area contributed by atoms with Crippen LogP contribution in [0.1, 0.15) is 27.2 Å². The zero-order valence-electron chi connectivity index (χ0n) is 20.0. The van der Waals surface area contributed by atoms with Crippen LogP contribution in [0.25, 0.3) is 0 Å². The van der Waals surface area contributed by atoms with E-state index in [9.17, 15) is 4.79 Å². The van der Waals surface area contributed by atoms with Crippen LogP contribution < -0.4 is 15.5 Å². The van der Waals surface area contributed by atoms with Gasteiger partial charge in [-0.2, -0.15) is 0 Å². The first-order chi connectivity index (χ1) is 15.5. The SMILES string of the molecule is CCNC(=NCC(C)(C)N1CCOCC1)NCCC(=O)N1CCN(c2ccccc2)CC1. The number of rotatable bonds is 8. The Morgan fingerprint density at radius 2 is 1.72 bits per heavy atom. The van der Waals surface area contributed by atoms with Crippen molar-refractivity contribution in [2.24, 2.45) is 4.99 Å². The van der Waals surface area contributed by atoms with Gasteiger partial charge in [-0.05, 0) is 32.9 Å². The zero-order chi connectivity index (χ0) is 22.8. The van der Waals surface area contributed by atoms with Gasteiger partial charge in [0.15, 0.2) is 5.96 Å². The van der Waals surface area contributed by atoms with Crippen LogP contribution in [0, 0.1) is 0 Å². The Kier molecular flexibility index (Phi) is 9.17. The summed E-state index contributed by atoms with van der Waals surface area (Å²) in [5, 5.41) is 6.64. The van der Waals surface area contributed by atoms with Crippen molar-refractivity contribution >= 4 is 17.6 Å². The number of para-hydroxylation sites is 1. The molecule has 32 heavy (non-hydrogen) atoms. The highest BCUT2D eigenvalue weighted by Gasteiger charge is 2.28. The van der Waals surface area contributed by atoms with E-state index in [4.69, 9.17) is 9.73 Å². The Labute approximate surface area is 193 Å². The van der Waals surface area contributed by atoms with Gasteiger partial charge in [0.1, 0.15) is 0 Å². The van der Waals surface area contributed by atoms with Crippen molar-refractivity contribution in [1.82, 2.24) is 20.4 Å². The fourth-order valence-electron chi connectivity index (χ4n) is 4.18. The monoisotopic (exact) mass is 444 g/mol. The van der Waals surface area contributed by atoms with Crippen molar-refractivity contribution in [3.63, 3.8) is 0 Å². The minimum Gasteiger partial charge on any atom is -0.379 e. The molecule has 0 spiro atoms. The van der Waals surface area contributed by atoms with Crippen LogP contribution in [0.3, 0.4) is 0 Å². The fourth-order valence-corrected chi connectivity index (χ4v) is 4.18. The van der Waals surface area contributed by atoms with Crippen molar-refractivity contribution in [2.45, 2.75) is 32.7 Å². The molecule has 0 unspecified atom stereocenters. The number of piperazine rings is 1. The standard InChI is InChI=1S/C24H40N6O2/c1-4-25-23(27-20-24(2,3)30-16-18-32-19-17-30)26-11-10-22(31)29-14-12-28(13-15-29)21-8-6-5-7-9-21/h5-9H,4,10-20H2,1-3H3,(H2,25,26,27). The van der Waals surface area contributed by atoms with Crippen molar-refractivity contribution in [2.75, 3.05) is 77.0 Å². The summed E-state index contributed by atoms with van der Waals surface area (Å²) in [5.74, 6) is 0.977. The van der Waals surface area contributed by atoms with E-state index in [1.165, 1.54) is 5.69 Å². The summed E-state index contributed by atoms with van der Waals surface area (Å²) in [6.07, 6.45) is 0.475. The fraction of sp³-hybridized carbons (Fsp3) is 0.667. The topological polar surface area (TPSA) is 72.4 Å². The normalized spacial score (nSPS) is 18.5. The van der Waals surface area contributed by atoms with Crippen molar-refractivity contribution in [3.05, 3.63) is 30.3 Å². The molecule has 1 aromatic carbocycles. The van der Waals surface area contributed by atoms with E-state index in [0.717, 1.165) is 65.0 Å². The highest BCUT2D eigenvalue weighted by molar-refractivity contribution is 5.81. The molecule has 0 atom stereocenters. The lowest BCUT2D eigenvalue weighted by molar-refractivity contribution is -0.131. The predicted octanol–water partition coefficient (Wildman–Crippen LogP) is 1.39. The maximum absolute atomic E-state index is 12.7. The number of nitrogens with zero attached hydrogens (tertiary/aromatic N) is 4. The van der Waals surface area contributed by atoms with Gasteiger partial charge in [0, 0.05) is 70.0 Å². The van der Waals surface area contributed by atoms with E-state index in [-0.39, 0.29) is 11.4 Å². The first-order valence-electron chi connectivity index (χ1n) is 11.9. The molecule has 2 aliphatic rings. The Balaban J connectivity index is 1.41. The molecule has 2 aliphatic heterocycles. The number of guanidine groups is 1. The number of benzene rings is 1. The van der Waals surface area contributed by atoms with Gasteiger partial charge in [-0.25, -0.2) is 0 Å². The molecular formula is C24H40N6O2. The van der Waals surface area contributed by atoms with E-state index >= 15 is 0 Å². The maximum Gasteiger partial charge on any atom is 0.224 e. The highest BCUT2D eigenvalue weighted by Crippen LogP contribution is 2.17. The van der Waals surface area contributed by atoms with E-state index in [0.29, 0.717) is 19.5 Å². The summed E-state index contributed by atoms with van der Waals surface area (Å²) in [6.45, 7) is 15.3. The number of morpholine rings is 1. The lowest BCUT2D eigenvalue weighted by Gasteiger charge is -2.39. The Morgan fingerprint density at radius 1 is 1.03 bits per heavy atom. The average molecular weight is 445 g/mol. The summed E-state index contributed by atoms with van der Waals surface area (Å²) >= 11 is 0. The molecule has 178 valence electrons. The molecule has 2 heterocycles. The first kappa shape index (κ1) is 24.3. The van der Waals surface area contributed by atoms with E-state index < -0.39 is 0 Å². The zero-order valence-corrected chi connectivity index (χ0v) is 20.0. The average Bonchev–Trinajstić information content (AvgIpc) is 2.83. The molecule has 0 aliphatic carbocycles. The summed E-state index contributed by atoms with van der Waals surface area (Å²) in [4.78, 5) is 24.2. The number of nitrogens with one attached hydrogen (secondary N) is 2. The van der Waals surface area contributed by atoms with E-state index in [1.54, 1.807) is 0 Å². The third-order valence-electron chi connectivity index (χ3n) is 6.22. The van der Waals surface area contributed by atoms with Crippen LogP contribution in [-0.2, 0) is 9.53 Å². The number of aliphatic imine (C=N–C) groups is 1. The number of hydrogen-bond donors (Lipinski definition) is 2. The smallest absolute Gasteiger partial charge is 0.224 e. The molecular weight excluding hydrogens is 404 g/mol. The molecule has 1 aromatic rings.